The van der Waals surface area contributed by atoms with Gasteiger partial charge in [-0.05, 0) is 24.3 Å². The van der Waals surface area contributed by atoms with E-state index in [0.717, 1.165) is 10.7 Å². The summed E-state index contributed by atoms with van der Waals surface area (Å²) in [5.74, 6) is 1.65. The first-order chi connectivity index (χ1) is 9.15. The molecule has 0 radical (unpaired) electrons. The molecule has 0 aliphatic carbocycles. The summed E-state index contributed by atoms with van der Waals surface area (Å²) in [5.41, 5.74) is 5.50. The number of thioether (sulfide) groups is 1. The Morgan fingerprint density at radius 2 is 2.32 bits per heavy atom. The smallest absolute Gasteiger partial charge is 0.233 e. The quantitative estimate of drug-likeness (QED) is 0.846. The van der Waals surface area contributed by atoms with Crippen molar-refractivity contribution in [2.75, 3.05) is 18.5 Å². The lowest BCUT2D eigenvalue weighted by Crippen LogP contribution is -2.27. The number of rotatable bonds is 5. The maximum absolute atomic E-state index is 11.9. The minimum Gasteiger partial charge on any atom is -0.467 e. The van der Waals surface area contributed by atoms with Crippen LogP contribution in [0.2, 0.25) is 0 Å². The highest BCUT2D eigenvalue weighted by atomic mass is 32.2. The highest BCUT2D eigenvalue weighted by Crippen LogP contribution is 2.18. The predicted octanol–water partition coefficient (Wildman–Crippen LogP) is 2.01. The molecule has 5 nitrogen and oxygen atoms in total. The largest absolute Gasteiger partial charge is 0.467 e. The van der Waals surface area contributed by atoms with Crippen LogP contribution >= 0.6 is 11.8 Å². The van der Waals surface area contributed by atoms with Crippen LogP contribution in [0, 0.1) is 0 Å². The van der Waals surface area contributed by atoms with Gasteiger partial charge in [0.15, 0.2) is 0 Å². The molecule has 2 N–H and O–H groups in total. The zero-order valence-corrected chi connectivity index (χ0v) is 11.4. The summed E-state index contributed by atoms with van der Waals surface area (Å²) in [4.78, 5) is 18.5. The molecule has 0 saturated carbocycles. The SMILES string of the molecule is CN(Cc1ccco1)C(=O)CSc1ccc(N)nc1. The summed E-state index contributed by atoms with van der Waals surface area (Å²) in [6.45, 7) is 0.479. The summed E-state index contributed by atoms with van der Waals surface area (Å²) < 4.78 is 5.21. The number of anilines is 1. The van der Waals surface area contributed by atoms with Gasteiger partial charge in [0.1, 0.15) is 11.6 Å². The van der Waals surface area contributed by atoms with Crippen LogP contribution in [0.4, 0.5) is 5.82 Å². The molecule has 6 heteroatoms. The maximum Gasteiger partial charge on any atom is 0.233 e. The predicted molar refractivity (Wildman–Crippen MR) is 74.6 cm³/mol. The van der Waals surface area contributed by atoms with Crippen molar-refractivity contribution in [2.45, 2.75) is 11.4 Å². The Hall–Kier alpha value is -1.95. The van der Waals surface area contributed by atoms with Crippen molar-refractivity contribution in [2.24, 2.45) is 0 Å². The number of carbonyl (C=O) groups excluding carboxylic acids is 1. The van der Waals surface area contributed by atoms with E-state index in [1.54, 1.807) is 30.5 Å². The lowest BCUT2D eigenvalue weighted by molar-refractivity contribution is -0.127. The lowest BCUT2D eigenvalue weighted by Gasteiger charge is -2.15. The molecule has 2 aromatic rings. The molecule has 2 rings (SSSR count). The normalized spacial score (nSPS) is 10.4. The summed E-state index contributed by atoms with van der Waals surface area (Å²) in [6, 6.07) is 7.23. The number of hydrogen-bond acceptors (Lipinski definition) is 5. The van der Waals surface area contributed by atoms with Crippen LogP contribution in [0.1, 0.15) is 5.76 Å². The van der Waals surface area contributed by atoms with E-state index in [0.29, 0.717) is 18.1 Å². The standard InChI is InChI=1S/C13H15N3O2S/c1-16(8-10-3-2-6-18-10)13(17)9-19-11-4-5-12(14)15-7-11/h2-7H,8-9H2,1H3,(H2,14,15). The molecule has 100 valence electrons. The second kappa shape index (κ2) is 6.29. The number of nitrogens with two attached hydrogens (primary N) is 1. The minimum absolute atomic E-state index is 0.0400. The van der Waals surface area contributed by atoms with Crippen molar-refractivity contribution >= 4 is 23.5 Å². The maximum atomic E-state index is 11.9. The van der Waals surface area contributed by atoms with Gasteiger partial charge in [0.2, 0.25) is 5.91 Å². The average molecular weight is 277 g/mol. The van der Waals surface area contributed by atoms with E-state index in [-0.39, 0.29) is 5.91 Å². The molecule has 0 spiro atoms. The first-order valence-corrected chi connectivity index (χ1v) is 6.74. The van der Waals surface area contributed by atoms with Gasteiger partial charge in [-0.25, -0.2) is 4.98 Å². The Kier molecular flexibility index (Phi) is 4.46. The Morgan fingerprint density at radius 1 is 1.47 bits per heavy atom. The van der Waals surface area contributed by atoms with Gasteiger partial charge in [-0.1, -0.05) is 0 Å². The van der Waals surface area contributed by atoms with E-state index in [9.17, 15) is 4.79 Å². The number of nitrogen functional groups attached to an aromatic ring is 1. The lowest BCUT2D eigenvalue weighted by atomic mass is 10.4. The van der Waals surface area contributed by atoms with Crippen molar-refractivity contribution in [1.82, 2.24) is 9.88 Å². The Balaban J connectivity index is 1.82. The highest BCUT2D eigenvalue weighted by Gasteiger charge is 2.11. The van der Waals surface area contributed by atoms with Crippen LogP contribution in [0.5, 0.6) is 0 Å². The molecule has 2 heterocycles. The third-order valence-corrected chi connectivity index (χ3v) is 3.49. The Bertz CT molecular complexity index is 525. The molecular formula is C13H15N3O2S. The number of aromatic nitrogens is 1. The number of hydrogen-bond donors (Lipinski definition) is 1. The average Bonchev–Trinajstić information content (AvgIpc) is 2.90. The van der Waals surface area contributed by atoms with Crippen molar-refractivity contribution < 1.29 is 9.21 Å². The molecule has 2 aromatic heterocycles. The monoisotopic (exact) mass is 277 g/mol. The third-order valence-electron chi connectivity index (χ3n) is 2.52. The van der Waals surface area contributed by atoms with Gasteiger partial charge in [0.05, 0.1) is 18.6 Å². The Morgan fingerprint density at radius 3 is 2.95 bits per heavy atom. The van der Waals surface area contributed by atoms with E-state index in [2.05, 4.69) is 4.98 Å². The van der Waals surface area contributed by atoms with Crippen LogP contribution in [0.15, 0.2) is 46.0 Å². The van der Waals surface area contributed by atoms with E-state index < -0.39 is 0 Å². The van der Waals surface area contributed by atoms with Gasteiger partial charge in [-0.2, -0.15) is 0 Å². The van der Waals surface area contributed by atoms with Crippen molar-refractivity contribution in [3.63, 3.8) is 0 Å². The molecule has 0 unspecified atom stereocenters. The van der Waals surface area contributed by atoms with E-state index in [1.807, 2.05) is 18.2 Å². The zero-order chi connectivity index (χ0) is 13.7. The fourth-order valence-electron chi connectivity index (χ4n) is 1.46. The molecule has 19 heavy (non-hydrogen) atoms. The molecule has 0 aliphatic rings. The second-order valence-corrected chi connectivity index (χ2v) is 5.09. The highest BCUT2D eigenvalue weighted by molar-refractivity contribution is 8.00. The van der Waals surface area contributed by atoms with Crippen LogP contribution < -0.4 is 5.73 Å². The molecule has 0 atom stereocenters. The number of pyridine rings is 1. The van der Waals surface area contributed by atoms with Crippen LogP contribution in [-0.4, -0.2) is 28.6 Å². The summed E-state index contributed by atoms with van der Waals surface area (Å²) in [7, 11) is 1.76. The van der Waals surface area contributed by atoms with Gasteiger partial charge in [-0.3, -0.25) is 4.79 Å². The van der Waals surface area contributed by atoms with E-state index in [1.165, 1.54) is 11.8 Å². The molecule has 0 bridgehead atoms. The van der Waals surface area contributed by atoms with Crippen molar-refractivity contribution in [1.29, 1.82) is 0 Å². The van der Waals surface area contributed by atoms with Gasteiger partial charge < -0.3 is 15.1 Å². The van der Waals surface area contributed by atoms with Gasteiger partial charge in [0, 0.05) is 18.1 Å². The van der Waals surface area contributed by atoms with E-state index >= 15 is 0 Å². The second-order valence-electron chi connectivity index (χ2n) is 4.04. The minimum atomic E-state index is 0.0400. The van der Waals surface area contributed by atoms with Crippen molar-refractivity contribution in [3.8, 4) is 0 Å². The van der Waals surface area contributed by atoms with E-state index in [4.69, 9.17) is 10.2 Å². The van der Waals surface area contributed by atoms with Gasteiger partial charge >= 0.3 is 0 Å². The van der Waals surface area contributed by atoms with Gasteiger partial charge in [-0.15, -0.1) is 11.8 Å². The molecular weight excluding hydrogens is 262 g/mol. The van der Waals surface area contributed by atoms with Crippen LogP contribution in [-0.2, 0) is 11.3 Å². The first kappa shape index (κ1) is 13.5. The Labute approximate surface area is 115 Å². The number of amides is 1. The molecule has 0 aromatic carbocycles. The molecule has 0 aliphatic heterocycles. The number of carbonyl (C=O) groups is 1. The molecule has 0 fully saturated rings. The summed E-state index contributed by atoms with van der Waals surface area (Å²) in [5, 5.41) is 0. The topological polar surface area (TPSA) is 72.4 Å². The first-order valence-electron chi connectivity index (χ1n) is 5.76. The molecule has 0 saturated heterocycles. The number of nitrogens with zero attached hydrogens (tertiary/aromatic N) is 2. The zero-order valence-electron chi connectivity index (χ0n) is 10.6. The van der Waals surface area contributed by atoms with Gasteiger partial charge in [0.25, 0.3) is 0 Å². The number of furan rings is 1. The summed E-state index contributed by atoms with van der Waals surface area (Å²) in [6.07, 6.45) is 3.27. The van der Waals surface area contributed by atoms with Crippen molar-refractivity contribution in [3.05, 3.63) is 42.5 Å². The fraction of sp³-hybridized carbons (Fsp3) is 0.231. The van der Waals surface area contributed by atoms with Crippen LogP contribution in [0.25, 0.3) is 0 Å². The van der Waals surface area contributed by atoms with Crippen LogP contribution in [0.3, 0.4) is 0 Å². The fourth-order valence-corrected chi connectivity index (χ4v) is 2.26. The third kappa shape index (κ3) is 4.03. The summed E-state index contributed by atoms with van der Waals surface area (Å²) >= 11 is 1.44. The molecule has 1 amide bonds.